The van der Waals surface area contributed by atoms with Crippen LogP contribution in [-0.2, 0) is 4.79 Å². The van der Waals surface area contributed by atoms with Crippen molar-refractivity contribution in [1.82, 2.24) is 0 Å². The van der Waals surface area contributed by atoms with Gasteiger partial charge in [0.25, 0.3) is 0 Å². The number of nitrogens with zero attached hydrogens (tertiary/aromatic N) is 1. The van der Waals surface area contributed by atoms with E-state index in [-0.39, 0.29) is 23.7 Å². The zero-order valence-electron chi connectivity index (χ0n) is 11.1. The van der Waals surface area contributed by atoms with Crippen LogP contribution in [0.5, 0.6) is 0 Å². The van der Waals surface area contributed by atoms with Crippen molar-refractivity contribution >= 4 is 11.6 Å². The maximum atomic E-state index is 14.1. The van der Waals surface area contributed by atoms with Crippen molar-refractivity contribution in [2.75, 3.05) is 18.0 Å². The second kappa shape index (κ2) is 5.57. The van der Waals surface area contributed by atoms with Crippen LogP contribution in [0.4, 0.5) is 10.1 Å². The van der Waals surface area contributed by atoms with Crippen LogP contribution in [0.3, 0.4) is 0 Å². The summed E-state index contributed by atoms with van der Waals surface area (Å²) in [4.78, 5) is 13.1. The third-order valence-corrected chi connectivity index (χ3v) is 3.72. The number of nitrogens with two attached hydrogens (primary N) is 2. The van der Waals surface area contributed by atoms with E-state index in [1.807, 2.05) is 17.9 Å². The number of para-hydroxylation sites is 1. The average Bonchev–Trinajstić information content (AvgIpc) is 2.38. The molecule has 1 aliphatic heterocycles. The number of carbonyl (C=O) groups excluding carboxylic acids is 1. The Morgan fingerprint density at radius 1 is 1.42 bits per heavy atom. The molecule has 4 nitrogen and oxygen atoms in total. The minimum atomic E-state index is -0.263. The van der Waals surface area contributed by atoms with Crippen molar-refractivity contribution in [3.8, 4) is 0 Å². The van der Waals surface area contributed by atoms with Crippen LogP contribution in [0, 0.1) is 11.7 Å². The monoisotopic (exact) mass is 265 g/mol. The van der Waals surface area contributed by atoms with Gasteiger partial charge in [-0.15, -0.1) is 0 Å². The van der Waals surface area contributed by atoms with Crippen molar-refractivity contribution in [1.29, 1.82) is 0 Å². The molecule has 1 amide bonds. The van der Waals surface area contributed by atoms with E-state index >= 15 is 0 Å². The van der Waals surface area contributed by atoms with Gasteiger partial charge in [-0.05, 0) is 31.4 Å². The van der Waals surface area contributed by atoms with Crippen molar-refractivity contribution < 1.29 is 9.18 Å². The molecular formula is C14H20FN3O. The van der Waals surface area contributed by atoms with Crippen molar-refractivity contribution in [2.45, 2.75) is 25.8 Å². The first-order valence-corrected chi connectivity index (χ1v) is 6.59. The van der Waals surface area contributed by atoms with Gasteiger partial charge in [0.1, 0.15) is 5.82 Å². The van der Waals surface area contributed by atoms with Gasteiger partial charge in [-0.3, -0.25) is 4.79 Å². The molecule has 2 rings (SSSR count). The Morgan fingerprint density at radius 3 is 2.58 bits per heavy atom. The van der Waals surface area contributed by atoms with Gasteiger partial charge < -0.3 is 16.4 Å². The Hall–Kier alpha value is -1.62. The zero-order chi connectivity index (χ0) is 14.0. The van der Waals surface area contributed by atoms with Crippen molar-refractivity contribution in [3.63, 3.8) is 0 Å². The van der Waals surface area contributed by atoms with Gasteiger partial charge in [-0.2, -0.15) is 0 Å². The fourth-order valence-corrected chi connectivity index (χ4v) is 2.62. The van der Waals surface area contributed by atoms with E-state index in [2.05, 4.69) is 0 Å². The maximum absolute atomic E-state index is 14.1. The number of piperidine rings is 1. The second-order valence-electron chi connectivity index (χ2n) is 5.13. The third-order valence-electron chi connectivity index (χ3n) is 3.72. The lowest BCUT2D eigenvalue weighted by Crippen LogP contribution is -2.39. The van der Waals surface area contributed by atoms with Gasteiger partial charge in [0.15, 0.2) is 0 Å². The predicted octanol–water partition coefficient (Wildman–Crippen LogP) is 1.55. The normalized spacial score (nSPS) is 18.4. The number of benzene rings is 1. The highest BCUT2D eigenvalue weighted by atomic mass is 19.1. The van der Waals surface area contributed by atoms with Crippen molar-refractivity contribution in [2.24, 2.45) is 17.4 Å². The van der Waals surface area contributed by atoms with Crippen LogP contribution >= 0.6 is 0 Å². The number of hydrogen-bond acceptors (Lipinski definition) is 3. The summed E-state index contributed by atoms with van der Waals surface area (Å²) in [5.74, 6) is -0.616. The smallest absolute Gasteiger partial charge is 0.220 e. The summed E-state index contributed by atoms with van der Waals surface area (Å²) in [7, 11) is 0. The Bertz CT molecular complexity index is 468. The summed E-state index contributed by atoms with van der Waals surface area (Å²) in [5.41, 5.74) is 12.6. The summed E-state index contributed by atoms with van der Waals surface area (Å²) in [6.07, 6.45) is 1.34. The van der Waals surface area contributed by atoms with E-state index in [0.717, 1.165) is 5.56 Å². The molecule has 19 heavy (non-hydrogen) atoms. The van der Waals surface area contributed by atoms with Crippen LogP contribution in [0.1, 0.15) is 31.4 Å². The van der Waals surface area contributed by atoms with Crippen LogP contribution in [-0.4, -0.2) is 19.0 Å². The Morgan fingerprint density at radius 2 is 2.05 bits per heavy atom. The highest BCUT2D eigenvalue weighted by Crippen LogP contribution is 2.31. The second-order valence-corrected chi connectivity index (χ2v) is 5.13. The number of amides is 1. The highest BCUT2D eigenvalue weighted by molar-refractivity contribution is 5.77. The molecule has 104 valence electrons. The topological polar surface area (TPSA) is 72.3 Å². The molecule has 4 N–H and O–H groups in total. The quantitative estimate of drug-likeness (QED) is 0.871. The summed E-state index contributed by atoms with van der Waals surface area (Å²) < 4.78 is 14.1. The SMILES string of the molecule is CC(N)c1cccc(F)c1N1CCC(C(N)=O)CC1. The van der Waals surface area contributed by atoms with E-state index in [4.69, 9.17) is 11.5 Å². The van der Waals surface area contributed by atoms with Gasteiger partial charge in [-0.1, -0.05) is 12.1 Å². The first kappa shape index (κ1) is 13.8. The molecule has 0 aliphatic carbocycles. The molecule has 1 fully saturated rings. The van der Waals surface area contributed by atoms with Gasteiger partial charge in [0.2, 0.25) is 5.91 Å². The fraction of sp³-hybridized carbons (Fsp3) is 0.500. The first-order chi connectivity index (χ1) is 9.00. The molecule has 1 heterocycles. The summed E-state index contributed by atoms with van der Waals surface area (Å²) in [6.45, 7) is 3.11. The molecule has 1 aromatic rings. The van der Waals surface area contributed by atoms with Crippen LogP contribution in [0.2, 0.25) is 0 Å². The lowest BCUT2D eigenvalue weighted by atomic mass is 9.94. The van der Waals surface area contributed by atoms with Gasteiger partial charge in [0, 0.05) is 25.0 Å². The summed E-state index contributed by atoms with van der Waals surface area (Å²) in [5, 5.41) is 0. The van der Waals surface area contributed by atoms with Gasteiger partial charge in [-0.25, -0.2) is 4.39 Å². The Labute approximate surface area is 112 Å². The number of hydrogen-bond donors (Lipinski definition) is 2. The van der Waals surface area contributed by atoms with E-state index in [1.165, 1.54) is 6.07 Å². The lowest BCUT2D eigenvalue weighted by Gasteiger charge is -2.34. The molecule has 1 saturated heterocycles. The fourth-order valence-electron chi connectivity index (χ4n) is 2.62. The number of rotatable bonds is 3. The molecular weight excluding hydrogens is 245 g/mol. The Kier molecular flexibility index (Phi) is 4.04. The minimum absolute atomic E-state index is 0.0956. The largest absolute Gasteiger partial charge is 0.369 e. The van der Waals surface area contributed by atoms with Crippen LogP contribution in [0.15, 0.2) is 18.2 Å². The molecule has 1 aromatic carbocycles. The lowest BCUT2D eigenvalue weighted by molar-refractivity contribution is -0.122. The highest BCUT2D eigenvalue weighted by Gasteiger charge is 2.26. The third kappa shape index (κ3) is 2.87. The van der Waals surface area contributed by atoms with E-state index in [0.29, 0.717) is 31.6 Å². The molecule has 0 aromatic heterocycles. The first-order valence-electron chi connectivity index (χ1n) is 6.59. The predicted molar refractivity (Wildman–Crippen MR) is 73.1 cm³/mol. The van der Waals surface area contributed by atoms with Gasteiger partial charge in [0.05, 0.1) is 5.69 Å². The van der Waals surface area contributed by atoms with Crippen molar-refractivity contribution in [3.05, 3.63) is 29.6 Å². The summed E-state index contributed by atoms with van der Waals surface area (Å²) in [6, 6.07) is 4.75. The molecule has 0 saturated carbocycles. The molecule has 0 radical (unpaired) electrons. The standard InChI is InChI=1S/C14H20FN3O/c1-9(16)11-3-2-4-12(15)13(11)18-7-5-10(6-8-18)14(17)19/h2-4,9-10H,5-8,16H2,1H3,(H2,17,19). The maximum Gasteiger partial charge on any atom is 0.220 e. The van der Waals surface area contributed by atoms with E-state index in [1.54, 1.807) is 6.07 Å². The molecule has 1 aliphatic rings. The van der Waals surface area contributed by atoms with Crippen LogP contribution < -0.4 is 16.4 Å². The summed E-state index contributed by atoms with van der Waals surface area (Å²) >= 11 is 0. The van der Waals surface area contributed by atoms with Gasteiger partial charge >= 0.3 is 0 Å². The number of anilines is 1. The number of carbonyl (C=O) groups is 1. The minimum Gasteiger partial charge on any atom is -0.369 e. The zero-order valence-corrected chi connectivity index (χ0v) is 11.1. The molecule has 1 unspecified atom stereocenters. The molecule has 5 heteroatoms. The average molecular weight is 265 g/mol. The Balaban J connectivity index is 2.22. The number of halogens is 1. The molecule has 0 spiro atoms. The number of primary amides is 1. The van der Waals surface area contributed by atoms with E-state index in [9.17, 15) is 9.18 Å². The molecule has 1 atom stereocenters. The van der Waals surface area contributed by atoms with Crippen LogP contribution in [0.25, 0.3) is 0 Å². The molecule has 0 bridgehead atoms. The van der Waals surface area contributed by atoms with E-state index < -0.39 is 0 Å².